The van der Waals surface area contributed by atoms with Crippen LogP contribution in [-0.2, 0) is 4.74 Å². The molecule has 0 spiro atoms. The summed E-state index contributed by atoms with van der Waals surface area (Å²) in [5.74, 6) is 0.175. The number of ether oxygens (including phenoxy) is 1. The molecule has 7 heteroatoms. The van der Waals surface area contributed by atoms with Gasteiger partial charge in [-0.15, -0.1) is 0 Å². The molecule has 20 heavy (non-hydrogen) atoms. The number of likely N-dealkylation sites (tertiary alicyclic amines) is 1. The number of hydrogen-bond acceptors (Lipinski definition) is 6. The van der Waals surface area contributed by atoms with Crippen LogP contribution in [0.5, 0.6) is 0 Å². The Kier molecular flexibility index (Phi) is 5.23. The van der Waals surface area contributed by atoms with E-state index < -0.39 is 5.97 Å². The van der Waals surface area contributed by atoms with E-state index in [0.29, 0.717) is 22.0 Å². The number of halogens is 1. The molecular formula is C13H20ClN3O2S. The van der Waals surface area contributed by atoms with Crippen LogP contribution in [0, 0.1) is 5.92 Å². The van der Waals surface area contributed by atoms with Crippen LogP contribution in [-0.4, -0.2) is 48.6 Å². The van der Waals surface area contributed by atoms with Crippen molar-refractivity contribution in [3.63, 3.8) is 0 Å². The Morgan fingerprint density at radius 2 is 2.40 bits per heavy atom. The molecule has 2 heterocycles. The van der Waals surface area contributed by atoms with Crippen molar-refractivity contribution >= 4 is 34.0 Å². The molecule has 2 rings (SSSR count). The van der Waals surface area contributed by atoms with E-state index in [1.807, 2.05) is 0 Å². The van der Waals surface area contributed by atoms with Gasteiger partial charge in [0.1, 0.15) is 0 Å². The lowest BCUT2D eigenvalue weighted by Crippen LogP contribution is -2.29. The Morgan fingerprint density at radius 3 is 3.00 bits per heavy atom. The van der Waals surface area contributed by atoms with E-state index in [4.69, 9.17) is 11.6 Å². The molecule has 5 nitrogen and oxygen atoms in total. The maximum Gasteiger partial charge on any atom is 0.351 e. The van der Waals surface area contributed by atoms with Gasteiger partial charge in [-0.2, -0.15) is 0 Å². The van der Waals surface area contributed by atoms with Crippen molar-refractivity contribution in [3.8, 4) is 0 Å². The Bertz CT molecular complexity index is 478. The van der Waals surface area contributed by atoms with Crippen LogP contribution in [0.4, 0.5) is 5.13 Å². The van der Waals surface area contributed by atoms with Crippen molar-refractivity contribution in [2.75, 3.05) is 32.1 Å². The minimum atomic E-state index is -0.438. The molecule has 1 aliphatic rings. The van der Waals surface area contributed by atoms with E-state index in [-0.39, 0.29) is 5.15 Å². The van der Waals surface area contributed by atoms with E-state index in [9.17, 15) is 4.79 Å². The number of aromatic nitrogens is 1. The fourth-order valence-corrected chi connectivity index (χ4v) is 3.44. The number of nitrogens with zero attached hydrogens (tertiary/aromatic N) is 2. The second-order valence-corrected chi connectivity index (χ2v) is 6.61. The summed E-state index contributed by atoms with van der Waals surface area (Å²) in [5, 5.41) is 4.16. The summed E-state index contributed by atoms with van der Waals surface area (Å²) in [6.45, 7) is 7.55. The number of thiazole rings is 1. The molecule has 1 saturated heterocycles. The van der Waals surface area contributed by atoms with Crippen LogP contribution in [0.25, 0.3) is 0 Å². The molecule has 1 fully saturated rings. The Balaban J connectivity index is 1.87. The zero-order valence-corrected chi connectivity index (χ0v) is 13.6. The van der Waals surface area contributed by atoms with Gasteiger partial charge in [-0.05, 0) is 32.7 Å². The van der Waals surface area contributed by atoms with E-state index in [1.165, 1.54) is 24.9 Å². The smallest absolute Gasteiger partial charge is 0.351 e. The van der Waals surface area contributed by atoms with E-state index in [2.05, 4.69) is 33.8 Å². The van der Waals surface area contributed by atoms with Crippen LogP contribution in [0.2, 0.25) is 5.15 Å². The van der Waals surface area contributed by atoms with Crippen LogP contribution < -0.4 is 5.32 Å². The molecule has 0 saturated carbocycles. The quantitative estimate of drug-likeness (QED) is 0.846. The van der Waals surface area contributed by atoms with Crippen LogP contribution >= 0.6 is 22.9 Å². The lowest BCUT2D eigenvalue weighted by atomic mass is 10.1. The van der Waals surface area contributed by atoms with Gasteiger partial charge < -0.3 is 15.0 Å². The second-order valence-electron chi connectivity index (χ2n) is 5.25. The van der Waals surface area contributed by atoms with Gasteiger partial charge in [0.2, 0.25) is 0 Å². The van der Waals surface area contributed by atoms with Gasteiger partial charge in [-0.25, -0.2) is 9.78 Å². The zero-order chi connectivity index (χ0) is 14.7. The molecule has 0 radical (unpaired) electrons. The summed E-state index contributed by atoms with van der Waals surface area (Å²) in [5.41, 5.74) is 0. The Hall–Kier alpha value is -0.850. The molecule has 0 bridgehead atoms. The molecule has 1 unspecified atom stereocenters. The van der Waals surface area contributed by atoms with Crippen molar-refractivity contribution in [1.29, 1.82) is 0 Å². The first-order valence-electron chi connectivity index (χ1n) is 6.73. The summed E-state index contributed by atoms with van der Waals surface area (Å²) < 4.78 is 4.66. The van der Waals surface area contributed by atoms with Crippen molar-refractivity contribution in [2.24, 2.45) is 5.92 Å². The lowest BCUT2D eigenvalue weighted by Gasteiger charge is -2.20. The summed E-state index contributed by atoms with van der Waals surface area (Å²) in [7, 11) is 1.34. The highest BCUT2D eigenvalue weighted by Crippen LogP contribution is 2.28. The number of nitrogens with one attached hydrogen (secondary N) is 1. The monoisotopic (exact) mass is 317 g/mol. The predicted octanol–water partition coefficient (Wildman–Crippen LogP) is 2.73. The molecule has 0 aliphatic carbocycles. The molecule has 112 valence electrons. The van der Waals surface area contributed by atoms with Crippen molar-refractivity contribution in [1.82, 2.24) is 9.88 Å². The summed E-state index contributed by atoms with van der Waals surface area (Å²) in [6, 6.07) is 0.597. The summed E-state index contributed by atoms with van der Waals surface area (Å²) in [4.78, 5) is 18.4. The summed E-state index contributed by atoms with van der Waals surface area (Å²) in [6.07, 6.45) is 1.19. The van der Waals surface area contributed by atoms with Gasteiger partial charge in [0.25, 0.3) is 0 Å². The molecule has 0 aromatic carbocycles. The molecule has 1 aromatic rings. The first-order chi connectivity index (χ1) is 9.51. The average Bonchev–Trinajstić information content (AvgIpc) is 3.02. The number of carbonyl (C=O) groups excluding carboxylic acids is 1. The maximum atomic E-state index is 11.5. The minimum Gasteiger partial charge on any atom is -0.465 e. The fourth-order valence-electron chi connectivity index (χ4n) is 2.33. The molecular weight excluding hydrogens is 298 g/mol. The van der Waals surface area contributed by atoms with Crippen LogP contribution in [0.15, 0.2) is 0 Å². The Labute approximate surface area is 128 Å². The zero-order valence-electron chi connectivity index (χ0n) is 12.0. The maximum absolute atomic E-state index is 11.5. The second kappa shape index (κ2) is 6.74. The molecule has 1 atom stereocenters. The third-order valence-corrected chi connectivity index (χ3v) is 4.92. The van der Waals surface area contributed by atoms with Gasteiger partial charge in [0.15, 0.2) is 15.2 Å². The predicted molar refractivity (Wildman–Crippen MR) is 81.8 cm³/mol. The van der Waals surface area contributed by atoms with Crippen molar-refractivity contribution in [3.05, 3.63) is 10.0 Å². The molecule has 1 aliphatic heterocycles. The van der Waals surface area contributed by atoms with Gasteiger partial charge in [0, 0.05) is 19.1 Å². The third kappa shape index (κ3) is 3.62. The van der Waals surface area contributed by atoms with Gasteiger partial charge in [-0.3, -0.25) is 0 Å². The molecule has 0 amide bonds. The number of rotatable bonds is 5. The topological polar surface area (TPSA) is 54.5 Å². The summed E-state index contributed by atoms with van der Waals surface area (Å²) >= 11 is 7.17. The fraction of sp³-hybridized carbons (Fsp3) is 0.692. The lowest BCUT2D eigenvalue weighted by molar-refractivity contribution is 0.0606. The Morgan fingerprint density at radius 1 is 1.65 bits per heavy atom. The normalized spacial score (nSPS) is 19.6. The largest absolute Gasteiger partial charge is 0.465 e. The van der Waals surface area contributed by atoms with E-state index in [0.717, 1.165) is 19.6 Å². The SMILES string of the molecule is COC(=O)c1sc(NCC2CCN(C(C)C)C2)nc1Cl. The van der Waals surface area contributed by atoms with Crippen LogP contribution in [0.1, 0.15) is 29.9 Å². The van der Waals surface area contributed by atoms with Crippen molar-refractivity contribution < 1.29 is 9.53 Å². The van der Waals surface area contributed by atoms with Crippen LogP contribution in [0.3, 0.4) is 0 Å². The third-order valence-electron chi connectivity index (χ3n) is 3.55. The number of carbonyl (C=O) groups is 1. The van der Waals surface area contributed by atoms with Gasteiger partial charge in [0.05, 0.1) is 7.11 Å². The van der Waals surface area contributed by atoms with Gasteiger partial charge >= 0.3 is 5.97 Å². The van der Waals surface area contributed by atoms with E-state index >= 15 is 0 Å². The number of hydrogen-bond donors (Lipinski definition) is 1. The van der Waals surface area contributed by atoms with Crippen molar-refractivity contribution in [2.45, 2.75) is 26.3 Å². The number of esters is 1. The average molecular weight is 318 g/mol. The number of anilines is 1. The highest BCUT2D eigenvalue weighted by Gasteiger charge is 2.24. The van der Waals surface area contributed by atoms with E-state index in [1.54, 1.807) is 0 Å². The highest BCUT2D eigenvalue weighted by atomic mass is 35.5. The highest BCUT2D eigenvalue weighted by molar-refractivity contribution is 7.18. The molecule has 1 aromatic heterocycles. The van der Waals surface area contributed by atoms with Gasteiger partial charge in [-0.1, -0.05) is 22.9 Å². The minimum absolute atomic E-state index is 0.208. The number of methoxy groups -OCH3 is 1. The first kappa shape index (κ1) is 15.5. The standard InChI is InChI=1S/C13H20ClN3O2S/c1-8(2)17-5-4-9(7-17)6-15-13-16-11(14)10(20-13)12(18)19-3/h8-9H,4-7H2,1-3H3,(H,15,16). The first-order valence-corrected chi connectivity index (χ1v) is 7.93. The molecule has 1 N–H and O–H groups in total.